The van der Waals surface area contributed by atoms with E-state index in [2.05, 4.69) is 25.4 Å². The van der Waals surface area contributed by atoms with Crippen molar-refractivity contribution < 1.29 is 4.79 Å². The van der Waals surface area contributed by atoms with E-state index >= 15 is 0 Å². The lowest BCUT2D eigenvalue weighted by atomic mass is 10.2. The molecule has 3 heterocycles. The number of hydrogen-bond acceptors (Lipinski definition) is 6. The van der Waals surface area contributed by atoms with Crippen LogP contribution in [0.1, 0.15) is 17.4 Å². The van der Waals surface area contributed by atoms with Crippen LogP contribution in [0.2, 0.25) is 0 Å². The summed E-state index contributed by atoms with van der Waals surface area (Å²) >= 11 is 0. The van der Waals surface area contributed by atoms with E-state index in [9.17, 15) is 4.79 Å². The lowest BCUT2D eigenvalue weighted by Gasteiger charge is -2.35. The van der Waals surface area contributed by atoms with E-state index in [1.54, 1.807) is 0 Å². The molecule has 1 aliphatic heterocycles. The first-order chi connectivity index (χ1) is 13.2. The quantitative estimate of drug-likeness (QED) is 0.768. The van der Waals surface area contributed by atoms with Crippen LogP contribution in [0.5, 0.6) is 0 Å². The van der Waals surface area contributed by atoms with Crippen LogP contribution in [-0.4, -0.2) is 58.7 Å². The third-order valence-electron chi connectivity index (χ3n) is 4.72. The maximum Gasteiger partial charge on any atom is 0.272 e. The summed E-state index contributed by atoms with van der Waals surface area (Å²) in [6.07, 6.45) is 0. The van der Waals surface area contributed by atoms with Gasteiger partial charge in [-0.15, -0.1) is 10.2 Å². The van der Waals surface area contributed by atoms with Crippen molar-refractivity contribution in [3.63, 3.8) is 0 Å². The molecule has 138 valence electrons. The summed E-state index contributed by atoms with van der Waals surface area (Å²) < 4.78 is 0. The number of amides is 1. The zero-order valence-corrected chi connectivity index (χ0v) is 15.3. The first-order valence-corrected chi connectivity index (χ1v) is 9.22. The average Bonchev–Trinajstić information content (AvgIpc) is 2.74. The fraction of sp³-hybridized carbons (Fsp3) is 0.300. The van der Waals surface area contributed by atoms with Crippen LogP contribution < -0.4 is 10.2 Å². The fourth-order valence-electron chi connectivity index (χ4n) is 3.26. The number of hydrogen-bond donors (Lipinski definition) is 1. The molecule has 1 fully saturated rings. The molecule has 2 aromatic heterocycles. The Morgan fingerprint density at radius 1 is 1.00 bits per heavy atom. The van der Waals surface area contributed by atoms with Crippen molar-refractivity contribution in [3.8, 4) is 0 Å². The van der Waals surface area contributed by atoms with E-state index in [-0.39, 0.29) is 5.91 Å². The number of anilines is 2. The fourth-order valence-corrected chi connectivity index (χ4v) is 3.26. The van der Waals surface area contributed by atoms with Gasteiger partial charge in [-0.2, -0.15) is 0 Å². The van der Waals surface area contributed by atoms with E-state index in [0.29, 0.717) is 18.8 Å². The van der Waals surface area contributed by atoms with Crippen LogP contribution in [0.25, 0.3) is 10.9 Å². The highest BCUT2D eigenvalue weighted by atomic mass is 16.2. The van der Waals surface area contributed by atoms with Gasteiger partial charge in [0.05, 0.1) is 5.52 Å². The van der Waals surface area contributed by atoms with Gasteiger partial charge in [0.15, 0.2) is 5.82 Å². The number of carbonyl (C=O) groups excluding carboxylic acids is 1. The predicted molar refractivity (Wildman–Crippen MR) is 106 cm³/mol. The molecule has 7 nitrogen and oxygen atoms in total. The predicted octanol–water partition coefficient (Wildman–Crippen LogP) is 2.42. The Morgan fingerprint density at radius 3 is 2.56 bits per heavy atom. The summed E-state index contributed by atoms with van der Waals surface area (Å²) in [6, 6.07) is 15.5. The second-order valence-corrected chi connectivity index (χ2v) is 6.48. The van der Waals surface area contributed by atoms with Crippen molar-refractivity contribution in [2.24, 2.45) is 0 Å². The molecular formula is C20H22N6O. The monoisotopic (exact) mass is 362 g/mol. The minimum Gasteiger partial charge on any atom is -0.369 e. The highest BCUT2D eigenvalue weighted by Gasteiger charge is 2.24. The molecule has 1 aromatic carbocycles. The molecule has 0 radical (unpaired) electrons. The summed E-state index contributed by atoms with van der Waals surface area (Å²) in [7, 11) is 0. The van der Waals surface area contributed by atoms with Gasteiger partial charge in [-0.1, -0.05) is 24.3 Å². The second-order valence-electron chi connectivity index (χ2n) is 6.48. The summed E-state index contributed by atoms with van der Waals surface area (Å²) in [5.41, 5.74) is 1.34. The topological polar surface area (TPSA) is 74.2 Å². The zero-order chi connectivity index (χ0) is 18.6. The molecule has 1 N–H and O–H groups in total. The standard InChI is InChI=1S/C20H22N6O/c1-2-21-18-9-10-19(24-23-18)25-11-13-26(14-12-25)20(27)17-8-7-15-5-3-4-6-16(15)22-17/h3-10H,2,11-14H2,1H3,(H,21,23). The molecule has 0 spiro atoms. The normalized spacial score (nSPS) is 14.4. The maximum atomic E-state index is 12.8. The van der Waals surface area contributed by atoms with Gasteiger partial charge in [0, 0.05) is 38.1 Å². The van der Waals surface area contributed by atoms with Crippen LogP contribution in [0.15, 0.2) is 48.5 Å². The van der Waals surface area contributed by atoms with Gasteiger partial charge < -0.3 is 15.1 Å². The Morgan fingerprint density at radius 2 is 1.81 bits per heavy atom. The third-order valence-corrected chi connectivity index (χ3v) is 4.72. The number of nitrogens with zero attached hydrogens (tertiary/aromatic N) is 5. The SMILES string of the molecule is CCNc1ccc(N2CCN(C(=O)c3ccc4ccccc4n3)CC2)nn1. The first-order valence-electron chi connectivity index (χ1n) is 9.22. The Bertz CT molecular complexity index is 935. The molecule has 0 aliphatic carbocycles. The van der Waals surface area contributed by atoms with E-state index in [4.69, 9.17) is 0 Å². The van der Waals surface area contributed by atoms with Crippen LogP contribution in [0.4, 0.5) is 11.6 Å². The Balaban J connectivity index is 1.41. The Labute approximate surface area is 158 Å². The Kier molecular flexibility index (Phi) is 4.82. The molecule has 1 aliphatic rings. The highest BCUT2D eigenvalue weighted by Crippen LogP contribution is 2.17. The number of carbonyl (C=O) groups is 1. The zero-order valence-electron chi connectivity index (χ0n) is 15.3. The molecular weight excluding hydrogens is 340 g/mol. The van der Waals surface area contributed by atoms with E-state index in [1.165, 1.54) is 0 Å². The largest absolute Gasteiger partial charge is 0.369 e. The van der Waals surface area contributed by atoms with Crippen molar-refractivity contribution in [1.82, 2.24) is 20.1 Å². The number of nitrogens with one attached hydrogen (secondary N) is 1. The van der Waals surface area contributed by atoms with Crippen molar-refractivity contribution in [2.45, 2.75) is 6.92 Å². The van der Waals surface area contributed by atoms with Gasteiger partial charge in [-0.25, -0.2) is 4.98 Å². The molecule has 27 heavy (non-hydrogen) atoms. The minimum atomic E-state index is -0.0195. The van der Waals surface area contributed by atoms with Crippen molar-refractivity contribution in [2.75, 3.05) is 42.9 Å². The number of aromatic nitrogens is 3. The number of benzene rings is 1. The molecule has 4 rings (SSSR count). The van der Waals surface area contributed by atoms with Crippen LogP contribution in [0, 0.1) is 0 Å². The number of rotatable bonds is 4. The molecule has 1 amide bonds. The lowest BCUT2D eigenvalue weighted by Crippen LogP contribution is -2.49. The molecule has 1 saturated heterocycles. The smallest absolute Gasteiger partial charge is 0.272 e. The number of pyridine rings is 1. The number of piperazine rings is 1. The highest BCUT2D eigenvalue weighted by molar-refractivity contribution is 5.95. The summed E-state index contributed by atoms with van der Waals surface area (Å²) in [4.78, 5) is 21.3. The van der Waals surface area contributed by atoms with E-state index < -0.39 is 0 Å². The van der Waals surface area contributed by atoms with Crippen LogP contribution in [0.3, 0.4) is 0 Å². The number of para-hydroxylation sites is 1. The van der Waals surface area contributed by atoms with Gasteiger partial charge in [0.2, 0.25) is 0 Å². The molecule has 0 bridgehead atoms. The first kappa shape index (κ1) is 17.2. The minimum absolute atomic E-state index is 0.0195. The lowest BCUT2D eigenvalue weighted by molar-refractivity contribution is 0.0741. The molecule has 0 saturated carbocycles. The summed E-state index contributed by atoms with van der Waals surface area (Å²) in [5, 5.41) is 12.6. The third kappa shape index (κ3) is 3.67. The summed E-state index contributed by atoms with van der Waals surface area (Å²) in [6.45, 7) is 5.59. The average molecular weight is 362 g/mol. The van der Waals surface area contributed by atoms with E-state index in [1.807, 2.05) is 60.4 Å². The summed E-state index contributed by atoms with van der Waals surface area (Å²) in [5.74, 6) is 1.60. The molecule has 0 atom stereocenters. The van der Waals surface area contributed by atoms with Crippen molar-refractivity contribution in [1.29, 1.82) is 0 Å². The van der Waals surface area contributed by atoms with Crippen LogP contribution >= 0.6 is 0 Å². The van der Waals surface area contributed by atoms with Gasteiger partial charge in [-0.05, 0) is 31.2 Å². The van der Waals surface area contributed by atoms with Gasteiger partial charge in [0.25, 0.3) is 5.91 Å². The van der Waals surface area contributed by atoms with E-state index in [0.717, 1.165) is 42.2 Å². The van der Waals surface area contributed by atoms with Gasteiger partial charge >= 0.3 is 0 Å². The number of fused-ring (bicyclic) bond motifs is 1. The van der Waals surface area contributed by atoms with Crippen LogP contribution in [-0.2, 0) is 0 Å². The Hall–Kier alpha value is -3.22. The molecule has 3 aromatic rings. The molecule has 7 heteroatoms. The van der Waals surface area contributed by atoms with Crippen molar-refractivity contribution in [3.05, 3.63) is 54.2 Å². The van der Waals surface area contributed by atoms with Gasteiger partial charge in [-0.3, -0.25) is 4.79 Å². The van der Waals surface area contributed by atoms with Crippen molar-refractivity contribution >= 4 is 28.4 Å². The maximum absolute atomic E-state index is 12.8. The van der Waals surface area contributed by atoms with Gasteiger partial charge in [0.1, 0.15) is 11.5 Å². The second kappa shape index (κ2) is 7.57. The molecule has 0 unspecified atom stereocenters.